The van der Waals surface area contributed by atoms with Crippen LogP contribution in [0.3, 0.4) is 0 Å². The molecule has 1 aliphatic carbocycles. The number of hydrogen-bond donors (Lipinski definition) is 3. The second kappa shape index (κ2) is 5.44. The van der Waals surface area contributed by atoms with E-state index in [4.69, 9.17) is 10.9 Å². The van der Waals surface area contributed by atoms with Gasteiger partial charge >= 0.3 is 0 Å². The van der Waals surface area contributed by atoms with Crippen LogP contribution in [0.15, 0.2) is 23.7 Å². The number of amides is 1. The summed E-state index contributed by atoms with van der Waals surface area (Å²) in [5, 5.41) is 14.6. The maximum absolute atomic E-state index is 11.9. The lowest BCUT2D eigenvalue weighted by Crippen LogP contribution is -2.42. The summed E-state index contributed by atoms with van der Waals surface area (Å²) in [5.41, 5.74) is 5.87. The Morgan fingerprint density at radius 3 is 3.00 bits per heavy atom. The second-order valence-corrected chi connectivity index (χ2v) is 4.23. The first kappa shape index (κ1) is 12.3. The molecule has 96 valence electrons. The normalized spacial score (nSPS) is 23.9. The van der Waals surface area contributed by atoms with Gasteiger partial charge in [0.25, 0.3) is 5.91 Å². The van der Waals surface area contributed by atoms with Crippen LogP contribution in [-0.2, 0) is 0 Å². The number of nitrogens with two attached hydrogens (primary N) is 1. The maximum Gasteiger partial charge on any atom is 0.271 e. The zero-order valence-corrected chi connectivity index (χ0v) is 9.78. The average Bonchev–Trinajstić information content (AvgIpc) is 2.87. The van der Waals surface area contributed by atoms with Crippen molar-refractivity contribution in [2.75, 3.05) is 0 Å². The Hall–Kier alpha value is -2.18. The van der Waals surface area contributed by atoms with E-state index in [1.54, 1.807) is 0 Å². The highest BCUT2D eigenvalue weighted by molar-refractivity contribution is 5.93. The third-order valence-corrected chi connectivity index (χ3v) is 3.12. The van der Waals surface area contributed by atoms with Crippen molar-refractivity contribution in [2.45, 2.75) is 25.3 Å². The molecule has 2 atom stereocenters. The minimum Gasteiger partial charge on any atom is -0.409 e. The molecule has 1 aromatic heterocycles. The predicted octanol–water partition coefficient (Wildman–Crippen LogP) is 0.121. The van der Waals surface area contributed by atoms with Gasteiger partial charge < -0.3 is 16.3 Å². The molecule has 7 heteroatoms. The zero-order valence-electron chi connectivity index (χ0n) is 9.78. The SMILES string of the molecule is NC(=NO)C1CCCC1NC(=O)c1cnccn1. The van der Waals surface area contributed by atoms with E-state index < -0.39 is 0 Å². The van der Waals surface area contributed by atoms with Crippen LogP contribution in [0.5, 0.6) is 0 Å². The quantitative estimate of drug-likeness (QED) is 0.305. The molecule has 1 aromatic rings. The van der Waals surface area contributed by atoms with E-state index in [2.05, 4.69) is 20.4 Å². The topological polar surface area (TPSA) is 113 Å². The first-order valence-electron chi connectivity index (χ1n) is 5.76. The number of rotatable bonds is 3. The Bertz CT molecular complexity index is 448. The highest BCUT2D eigenvalue weighted by Gasteiger charge is 2.32. The largest absolute Gasteiger partial charge is 0.409 e. The van der Waals surface area contributed by atoms with Crippen LogP contribution in [-0.4, -0.2) is 33.0 Å². The number of nitrogens with one attached hydrogen (secondary N) is 1. The Balaban J connectivity index is 2.03. The van der Waals surface area contributed by atoms with Crippen molar-refractivity contribution in [3.8, 4) is 0 Å². The fourth-order valence-electron chi connectivity index (χ4n) is 2.22. The fourth-order valence-corrected chi connectivity index (χ4v) is 2.22. The number of aromatic nitrogens is 2. The van der Waals surface area contributed by atoms with Crippen molar-refractivity contribution in [1.82, 2.24) is 15.3 Å². The third kappa shape index (κ3) is 2.55. The number of hydrogen-bond acceptors (Lipinski definition) is 5. The minimum absolute atomic E-state index is 0.115. The molecule has 1 saturated carbocycles. The van der Waals surface area contributed by atoms with Gasteiger partial charge in [0.15, 0.2) is 0 Å². The molecule has 0 radical (unpaired) electrons. The molecule has 18 heavy (non-hydrogen) atoms. The van der Waals surface area contributed by atoms with Gasteiger partial charge in [-0.15, -0.1) is 0 Å². The Labute approximate surface area is 104 Å². The summed E-state index contributed by atoms with van der Waals surface area (Å²) >= 11 is 0. The highest BCUT2D eigenvalue weighted by atomic mass is 16.4. The molecule has 7 nitrogen and oxygen atoms in total. The first-order valence-corrected chi connectivity index (χ1v) is 5.76. The summed E-state index contributed by atoms with van der Waals surface area (Å²) in [4.78, 5) is 19.7. The number of nitrogens with zero attached hydrogens (tertiary/aromatic N) is 3. The lowest BCUT2D eigenvalue weighted by atomic mass is 10.0. The summed E-state index contributed by atoms with van der Waals surface area (Å²) in [6.45, 7) is 0. The maximum atomic E-state index is 11.9. The van der Waals surface area contributed by atoms with Crippen LogP contribution >= 0.6 is 0 Å². The lowest BCUT2D eigenvalue weighted by molar-refractivity contribution is 0.0928. The smallest absolute Gasteiger partial charge is 0.271 e. The van der Waals surface area contributed by atoms with Gasteiger partial charge in [-0.05, 0) is 12.8 Å². The van der Waals surface area contributed by atoms with Gasteiger partial charge in [-0.1, -0.05) is 11.6 Å². The van der Waals surface area contributed by atoms with Crippen LogP contribution in [0.1, 0.15) is 29.8 Å². The summed E-state index contributed by atoms with van der Waals surface area (Å²) in [6, 6.07) is -0.115. The van der Waals surface area contributed by atoms with Crippen LogP contribution in [0.25, 0.3) is 0 Å². The molecule has 0 aliphatic heterocycles. The molecule has 0 spiro atoms. The van der Waals surface area contributed by atoms with Crippen LogP contribution < -0.4 is 11.1 Å². The molecule has 0 bridgehead atoms. The Morgan fingerprint density at radius 2 is 2.33 bits per heavy atom. The number of amidine groups is 1. The molecule has 1 heterocycles. The summed E-state index contributed by atoms with van der Waals surface area (Å²) in [5.74, 6) is -0.238. The standard InChI is InChI=1S/C11H15N5O2/c12-10(16-18)7-2-1-3-8(7)15-11(17)9-6-13-4-5-14-9/h4-8,18H,1-3H2,(H2,12,16)(H,15,17). The van der Waals surface area contributed by atoms with Gasteiger partial charge in [-0.2, -0.15) is 0 Å². The summed E-state index contributed by atoms with van der Waals surface area (Å²) < 4.78 is 0. The molecule has 1 aliphatic rings. The van der Waals surface area contributed by atoms with Crippen molar-refractivity contribution in [3.05, 3.63) is 24.3 Å². The molecular formula is C11H15N5O2. The van der Waals surface area contributed by atoms with Crippen LogP contribution in [0, 0.1) is 5.92 Å². The third-order valence-electron chi connectivity index (χ3n) is 3.12. The number of carbonyl (C=O) groups is 1. The van der Waals surface area contributed by atoms with Gasteiger partial charge in [0.1, 0.15) is 11.5 Å². The van der Waals surface area contributed by atoms with E-state index in [1.165, 1.54) is 18.6 Å². The predicted molar refractivity (Wildman–Crippen MR) is 64.0 cm³/mol. The molecule has 2 unspecified atom stereocenters. The van der Waals surface area contributed by atoms with E-state index in [-0.39, 0.29) is 29.4 Å². The van der Waals surface area contributed by atoms with Crippen molar-refractivity contribution in [1.29, 1.82) is 0 Å². The highest BCUT2D eigenvalue weighted by Crippen LogP contribution is 2.25. The number of oxime groups is 1. The zero-order chi connectivity index (χ0) is 13.0. The van der Waals surface area contributed by atoms with E-state index >= 15 is 0 Å². The summed E-state index contributed by atoms with van der Waals surface area (Å²) in [7, 11) is 0. The monoisotopic (exact) mass is 249 g/mol. The van der Waals surface area contributed by atoms with E-state index in [0.717, 1.165) is 19.3 Å². The first-order chi connectivity index (χ1) is 8.72. The summed E-state index contributed by atoms with van der Waals surface area (Å²) in [6.07, 6.45) is 6.93. The van der Waals surface area contributed by atoms with Crippen molar-refractivity contribution >= 4 is 11.7 Å². The van der Waals surface area contributed by atoms with Crippen LogP contribution in [0.2, 0.25) is 0 Å². The van der Waals surface area contributed by atoms with Crippen molar-refractivity contribution < 1.29 is 10.0 Å². The molecule has 2 rings (SSSR count). The van der Waals surface area contributed by atoms with E-state index in [0.29, 0.717) is 0 Å². The fraction of sp³-hybridized carbons (Fsp3) is 0.455. The second-order valence-electron chi connectivity index (χ2n) is 4.23. The molecule has 1 amide bonds. The van der Waals surface area contributed by atoms with E-state index in [9.17, 15) is 4.79 Å². The van der Waals surface area contributed by atoms with Crippen molar-refractivity contribution in [2.24, 2.45) is 16.8 Å². The Morgan fingerprint density at radius 1 is 1.50 bits per heavy atom. The van der Waals surface area contributed by atoms with Gasteiger partial charge in [0.05, 0.1) is 6.20 Å². The van der Waals surface area contributed by atoms with Gasteiger partial charge in [0.2, 0.25) is 0 Å². The van der Waals surface area contributed by atoms with E-state index in [1.807, 2.05) is 0 Å². The van der Waals surface area contributed by atoms with Gasteiger partial charge in [-0.3, -0.25) is 9.78 Å². The van der Waals surface area contributed by atoms with Gasteiger partial charge in [-0.25, -0.2) is 4.98 Å². The molecule has 0 saturated heterocycles. The minimum atomic E-state index is -0.286. The molecule has 0 aromatic carbocycles. The van der Waals surface area contributed by atoms with Crippen molar-refractivity contribution in [3.63, 3.8) is 0 Å². The number of carbonyl (C=O) groups excluding carboxylic acids is 1. The van der Waals surface area contributed by atoms with Crippen LogP contribution in [0.4, 0.5) is 0 Å². The molecular weight excluding hydrogens is 234 g/mol. The molecule has 4 N–H and O–H groups in total. The molecule has 1 fully saturated rings. The average molecular weight is 249 g/mol. The van der Waals surface area contributed by atoms with Gasteiger partial charge in [0, 0.05) is 24.4 Å². The Kier molecular flexibility index (Phi) is 3.71. The lowest BCUT2D eigenvalue weighted by Gasteiger charge is -2.19.